The first kappa shape index (κ1) is 20.5. The van der Waals surface area contributed by atoms with Crippen LogP contribution in [0.2, 0.25) is 0 Å². The van der Waals surface area contributed by atoms with Gasteiger partial charge in [0.25, 0.3) is 0 Å². The van der Waals surface area contributed by atoms with Crippen LogP contribution in [0.15, 0.2) is 47.6 Å². The second-order valence-electron chi connectivity index (χ2n) is 7.12. The third-order valence-corrected chi connectivity index (χ3v) is 4.61. The Hall–Kier alpha value is -3.26. The van der Waals surface area contributed by atoms with Crippen LogP contribution in [0, 0.1) is 5.82 Å². The number of aromatic nitrogens is 1. The van der Waals surface area contributed by atoms with E-state index in [1.54, 1.807) is 38.5 Å². The Morgan fingerprint density at radius 3 is 2.59 bits per heavy atom. The van der Waals surface area contributed by atoms with Crippen LogP contribution in [0.1, 0.15) is 11.1 Å². The van der Waals surface area contributed by atoms with Crippen molar-refractivity contribution >= 4 is 28.8 Å². The molecule has 7 nitrogen and oxygen atoms in total. The van der Waals surface area contributed by atoms with Gasteiger partial charge in [-0.1, -0.05) is 0 Å². The maximum Gasteiger partial charge on any atom is 0.322 e. The number of urea groups is 1. The summed E-state index contributed by atoms with van der Waals surface area (Å²) in [6.07, 6.45) is 1.62. The molecular formula is C21H25FN6O. The number of nitrogens with two attached hydrogens (primary N) is 1. The van der Waals surface area contributed by atoms with Gasteiger partial charge >= 0.3 is 6.03 Å². The lowest BCUT2D eigenvalue weighted by molar-refractivity contribution is 0.230. The molecule has 3 N–H and O–H groups in total. The standard InChI is InChI=1S/C21H25FN6O/c1-27(2)21(29)26-18-12-15(8-9-25-18)19(17-13-28(3)11-10-24-17)20(23)14-4-6-16(22)7-5-14/h4-9,12H,10-11,13,23H2,1-3H3,(H,25,26,29). The first-order valence-corrected chi connectivity index (χ1v) is 9.28. The van der Waals surface area contributed by atoms with Gasteiger partial charge in [0, 0.05) is 44.7 Å². The molecular weight excluding hydrogens is 371 g/mol. The Morgan fingerprint density at radius 2 is 1.93 bits per heavy atom. The summed E-state index contributed by atoms with van der Waals surface area (Å²) < 4.78 is 13.4. The van der Waals surface area contributed by atoms with Gasteiger partial charge in [0.1, 0.15) is 11.6 Å². The third kappa shape index (κ3) is 4.97. The molecule has 0 fully saturated rings. The van der Waals surface area contributed by atoms with E-state index < -0.39 is 0 Å². The molecule has 0 radical (unpaired) electrons. The van der Waals surface area contributed by atoms with Gasteiger partial charge in [0.05, 0.1) is 12.3 Å². The average Bonchev–Trinajstić information content (AvgIpc) is 2.69. The molecule has 0 bridgehead atoms. The van der Waals surface area contributed by atoms with Crippen LogP contribution in [0.25, 0.3) is 11.3 Å². The lowest BCUT2D eigenvalue weighted by Crippen LogP contribution is -2.34. The Morgan fingerprint density at radius 1 is 1.21 bits per heavy atom. The molecule has 8 heteroatoms. The van der Waals surface area contributed by atoms with E-state index in [2.05, 4.69) is 20.2 Å². The molecule has 29 heavy (non-hydrogen) atoms. The van der Waals surface area contributed by atoms with Gasteiger partial charge < -0.3 is 10.6 Å². The zero-order valence-corrected chi connectivity index (χ0v) is 16.8. The number of nitrogens with one attached hydrogen (secondary N) is 1. The van der Waals surface area contributed by atoms with Crippen molar-refractivity contribution in [3.63, 3.8) is 0 Å². The molecule has 0 atom stereocenters. The molecule has 152 valence electrons. The number of aliphatic imine (C=N–C) groups is 1. The topological polar surface area (TPSA) is 86.8 Å². The summed E-state index contributed by atoms with van der Waals surface area (Å²) in [7, 11) is 5.34. The highest BCUT2D eigenvalue weighted by Gasteiger charge is 2.20. The Bertz CT molecular complexity index is 952. The number of carbonyl (C=O) groups excluding carboxylic acids is 1. The SMILES string of the molecule is CN1CCN=C(C(=C(N)c2ccc(F)cc2)c2ccnc(NC(=O)N(C)C)c2)C1. The molecule has 1 aromatic carbocycles. The van der Waals surface area contributed by atoms with E-state index in [1.807, 2.05) is 13.1 Å². The number of hydrogen-bond donors (Lipinski definition) is 2. The predicted octanol–water partition coefficient (Wildman–Crippen LogP) is 2.53. The van der Waals surface area contributed by atoms with Gasteiger partial charge in [-0.2, -0.15) is 0 Å². The fourth-order valence-electron chi connectivity index (χ4n) is 3.03. The number of hydrogen-bond acceptors (Lipinski definition) is 5. The van der Waals surface area contributed by atoms with Crippen molar-refractivity contribution in [2.24, 2.45) is 10.7 Å². The van der Waals surface area contributed by atoms with Gasteiger partial charge in [-0.25, -0.2) is 14.2 Å². The summed E-state index contributed by atoms with van der Waals surface area (Å²) in [5.74, 6) is 0.0887. The van der Waals surface area contributed by atoms with Crippen molar-refractivity contribution in [1.82, 2.24) is 14.8 Å². The number of halogens is 1. The first-order valence-electron chi connectivity index (χ1n) is 9.28. The predicted molar refractivity (Wildman–Crippen MR) is 114 cm³/mol. The Balaban J connectivity index is 2.09. The lowest BCUT2D eigenvalue weighted by Gasteiger charge is -2.25. The van der Waals surface area contributed by atoms with E-state index in [4.69, 9.17) is 5.73 Å². The van der Waals surface area contributed by atoms with E-state index in [-0.39, 0.29) is 11.8 Å². The maximum absolute atomic E-state index is 13.4. The quantitative estimate of drug-likeness (QED) is 0.831. The minimum Gasteiger partial charge on any atom is -0.398 e. The summed E-state index contributed by atoms with van der Waals surface area (Å²) >= 11 is 0. The minimum absolute atomic E-state index is 0.276. The molecule has 0 aliphatic carbocycles. The minimum atomic E-state index is -0.324. The van der Waals surface area contributed by atoms with Crippen LogP contribution in [0.4, 0.5) is 15.0 Å². The fraction of sp³-hybridized carbons (Fsp3) is 0.286. The molecule has 2 aromatic rings. The van der Waals surface area contributed by atoms with Crippen LogP contribution in [-0.4, -0.2) is 67.3 Å². The number of carbonyl (C=O) groups is 1. The second kappa shape index (κ2) is 8.83. The van der Waals surface area contributed by atoms with E-state index in [9.17, 15) is 9.18 Å². The number of nitrogens with zero attached hydrogens (tertiary/aromatic N) is 4. The zero-order chi connectivity index (χ0) is 21.0. The van der Waals surface area contributed by atoms with Gasteiger partial charge in [-0.05, 0) is 54.6 Å². The number of amides is 2. The third-order valence-electron chi connectivity index (χ3n) is 4.61. The maximum atomic E-state index is 13.4. The van der Waals surface area contributed by atoms with Gasteiger partial charge in [0.2, 0.25) is 0 Å². The smallest absolute Gasteiger partial charge is 0.322 e. The van der Waals surface area contributed by atoms with Crippen molar-refractivity contribution in [1.29, 1.82) is 0 Å². The molecule has 0 spiro atoms. The number of rotatable bonds is 4. The fourth-order valence-corrected chi connectivity index (χ4v) is 3.03. The second-order valence-corrected chi connectivity index (χ2v) is 7.12. The number of pyridine rings is 1. The van der Waals surface area contributed by atoms with Crippen molar-refractivity contribution in [2.45, 2.75) is 0 Å². The molecule has 1 aromatic heterocycles. The molecule has 1 aliphatic rings. The zero-order valence-electron chi connectivity index (χ0n) is 16.8. The summed E-state index contributed by atoms with van der Waals surface area (Å²) in [5, 5.41) is 2.75. The number of benzene rings is 1. The average molecular weight is 396 g/mol. The van der Waals surface area contributed by atoms with Crippen molar-refractivity contribution in [3.05, 3.63) is 59.5 Å². The van der Waals surface area contributed by atoms with Crippen LogP contribution < -0.4 is 11.1 Å². The summed E-state index contributed by atoms with van der Waals surface area (Å²) in [4.78, 5) is 24.5. The Labute approximate surface area is 169 Å². The van der Waals surface area contributed by atoms with Gasteiger partial charge in [0.15, 0.2) is 0 Å². The van der Waals surface area contributed by atoms with Crippen LogP contribution in [0.5, 0.6) is 0 Å². The van der Waals surface area contributed by atoms with E-state index >= 15 is 0 Å². The molecule has 2 amide bonds. The van der Waals surface area contributed by atoms with Gasteiger partial charge in [-0.3, -0.25) is 15.2 Å². The van der Waals surface area contributed by atoms with Crippen molar-refractivity contribution in [2.75, 3.05) is 46.1 Å². The largest absolute Gasteiger partial charge is 0.398 e. The highest BCUT2D eigenvalue weighted by Crippen LogP contribution is 2.27. The Kier molecular flexibility index (Phi) is 6.23. The molecule has 0 unspecified atom stereocenters. The monoisotopic (exact) mass is 396 g/mol. The van der Waals surface area contributed by atoms with Crippen LogP contribution in [-0.2, 0) is 0 Å². The summed E-state index contributed by atoms with van der Waals surface area (Å²) in [6.45, 7) is 2.17. The van der Waals surface area contributed by atoms with E-state index in [0.717, 1.165) is 23.4 Å². The molecule has 2 heterocycles. The van der Waals surface area contributed by atoms with Crippen molar-refractivity contribution in [3.8, 4) is 0 Å². The molecule has 0 saturated heterocycles. The van der Waals surface area contributed by atoms with E-state index in [1.165, 1.54) is 17.0 Å². The molecule has 1 aliphatic heterocycles. The lowest BCUT2D eigenvalue weighted by atomic mass is 9.95. The highest BCUT2D eigenvalue weighted by atomic mass is 19.1. The molecule has 0 saturated carbocycles. The highest BCUT2D eigenvalue weighted by molar-refractivity contribution is 6.31. The normalized spacial score (nSPS) is 15.4. The summed E-state index contributed by atoms with van der Waals surface area (Å²) in [5.41, 5.74) is 10.1. The summed E-state index contributed by atoms with van der Waals surface area (Å²) in [6, 6.07) is 9.37. The van der Waals surface area contributed by atoms with Crippen molar-refractivity contribution < 1.29 is 9.18 Å². The number of anilines is 1. The molecule has 3 rings (SSSR count). The van der Waals surface area contributed by atoms with Crippen LogP contribution >= 0.6 is 0 Å². The van der Waals surface area contributed by atoms with E-state index in [0.29, 0.717) is 30.2 Å². The van der Waals surface area contributed by atoms with Crippen LogP contribution in [0.3, 0.4) is 0 Å². The van der Waals surface area contributed by atoms with Gasteiger partial charge in [-0.15, -0.1) is 0 Å². The first-order chi connectivity index (χ1) is 13.8. The number of likely N-dealkylation sites (N-methyl/N-ethyl adjacent to an activating group) is 1.